The zero-order valence-electron chi connectivity index (χ0n) is 15.9. The molecule has 2 N–H and O–H groups in total. The number of hydrogen-bond acceptors (Lipinski definition) is 4. The minimum absolute atomic E-state index is 0.00822. The van der Waals surface area contributed by atoms with Gasteiger partial charge in [0.1, 0.15) is 11.5 Å². The van der Waals surface area contributed by atoms with E-state index in [0.717, 1.165) is 11.3 Å². The second-order valence-corrected chi connectivity index (χ2v) is 7.38. The highest BCUT2D eigenvalue weighted by Gasteiger charge is 2.17. The van der Waals surface area contributed by atoms with E-state index in [1.807, 2.05) is 48.5 Å². The first-order valence-electron chi connectivity index (χ1n) is 8.94. The summed E-state index contributed by atoms with van der Waals surface area (Å²) in [6, 6.07) is 17.9. The Bertz CT molecular complexity index is 900. The molecule has 0 aliphatic rings. The number of carbonyl (C=O) groups excluding carboxylic acids is 1. The number of hydrogen-bond donors (Lipinski definition) is 2. The summed E-state index contributed by atoms with van der Waals surface area (Å²) in [6.07, 6.45) is 3.07. The Morgan fingerprint density at radius 1 is 0.926 bits per heavy atom. The normalized spacial score (nSPS) is 11.1. The lowest BCUT2D eigenvalue weighted by Crippen LogP contribution is -2.24. The molecule has 0 radical (unpaired) electrons. The standard InChI is InChI=1S/C22H24N4O/c1-22(2,3)17-11-7-8-12-18(17)26-20-15-23-19(14-24-20)21(27)25-13-16-9-5-4-6-10-16/h4-12,14-15H,13H2,1-3H3,(H,24,26)(H,25,27). The fraction of sp³-hybridized carbons (Fsp3) is 0.227. The van der Waals surface area contributed by atoms with Crippen molar-refractivity contribution >= 4 is 17.4 Å². The van der Waals surface area contributed by atoms with Gasteiger partial charge in [-0.15, -0.1) is 0 Å². The quantitative estimate of drug-likeness (QED) is 0.705. The summed E-state index contributed by atoms with van der Waals surface area (Å²) in [6.45, 7) is 6.96. The van der Waals surface area contributed by atoms with Crippen LogP contribution in [0, 0.1) is 0 Å². The Morgan fingerprint density at radius 2 is 1.63 bits per heavy atom. The van der Waals surface area contributed by atoms with E-state index in [-0.39, 0.29) is 11.3 Å². The van der Waals surface area contributed by atoms with Gasteiger partial charge < -0.3 is 10.6 Å². The van der Waals surface area contributed by atoms with E-state index in [2.05, 4.69) is 47.4 Å². The van der Waals surface area contributed by atoms with Crippen molar-refractivity contribution in [1.29, 1.82) is 0 Å². The van der Waals surface area contributed by atoms with E-state index >= 15 is 0 Å². The highest BCUT2D eigenvalue weighted by Crippen LogP contribution is 2.30. The van der Waals surface area contributed by atoms with Crippen molar-refractivity contribution in [3.63, 3.8) is 0 Å². The number of para-hydroxylation sites is 1. The number of amides is 1. The first-order valence-corrected chi connectivity index (χ1v) is 8.94. The average Bonchev–Trinajstić information content (AvgIpc) is 2.67. The molecule has 0 saturated carbocycles. The molecular weight excluding hydrogens is 336 g/mol. The molecule has 3 rings (SSSR count). The van der Waals surface area contributed by atoms with Gasteiger partial charge in [-0.25, -0.2) is 9.97 Å². The zero-order chi connectivity index (χ0) is 19.3. The van der Waals surface area contributed by atoms with Crippen molar-refractivity contribution in [2.45, 2.75) is 32.7 Å². The van der Waals surface area contributed by atoms with E-state index in [4.69, 9.17) is 0 Å². The molecule has 27 heavy (non-hydrogen) atoms. The molecule has 0 aliphatic heterocycles. The van der Waals surface area contributed by atoms with Crippen molar-refractivity contribution in [3.8, 4) is 0 Å². The topological polar surface area (TPSA) is 66.9 Å². The lowest BCUT2D eigenvalue weighted by atomic mass is 9.86. The Kier molecular flexibility index (Phi) is 5.50. The van der Waals surface area contributed by atoms with Crippen molar-refractivity contribution in [1.82, 2.24) is 15.3 Å². The molecule has 1 aromatic heterocycles. The summed E-state index contributed by atoms with van der Waals surface area (Å²) in [7, 11) is 0. The molecule has 0 atom stereocenters. The van der Waals surface area contributed by atoms with Gasteiger partial charge >= 0.3 is 0 Å². The smallest absolute Gasteiger partial charge is 0.271 e. The van der Waals surface area contributed by atoms with E-state index in [1.165, 1.54) is 11.8 Å². The fourth-order valence-corrected chi connectivity index (χ4v) is 2.76. The van der Waals surface area contributed by atoms with Crippen LogP contribution in [0.1, 0.15) is 42.4 Å². The maximum Gasteiger partial charge on any atom is 0.271 e. The maximum atomic E-state index is 12.2. The Morgan fingerprint density at radius 3 is 2.30 bits per heavy atom. The van der Waals surface area contributed by atoms with Crippen molar-refractivity contribution < 1.29 is 4.79 Å². The number of nitrogens with zero attached hydrogens (tertiary/aromatic N) is 2. The van der Waals surface area contributed by atoms with Crippen LogP contribution in [0.4, 0.5) is 11.5 Å². The summed E-state index contributed by atoms with van der Waals surface area (Å²) >= 11 is 0. The molecular formula is C22H24N4O. The molecule has 5 heteroatoms. The highest BCUT2D eigenvalue weighted by molar-refractivity contribution is 5.92. The number of benzene rings is 2. The van der Waals surface area contributed by atoms with Crippen molar-refractivity contribution in [2.75, 3.05) is 5.32 Å². The van der Waals surface area contributed by atoms with E-state index in [9.17, 15) is 4.79 Å². The predicted octanol–water partition coefficient (Wildman–Crippen LogP) is 4.45. The third kappa shape index (κ3) is 4.91. The van der Waals surface area contributed by atoms with Crippen LogP contribution in [-0.2, 0) is 12.0 Å². The SMILES string of the molecule is CC(C)(C)c1ccccc1Nc1cnc(C(=O)NCc2ccccc2)cn1. The number of nitrogens with one attached hydrogen (secondary N) is 2. The summed E-state index contributed by atoms with van der Waals surface area (Å²) < 4.78 is 0. The second-order valence-electron chi connectivity index (χ2n) is 7.38. The molecule has 0 bridgehead atoms. The number of anilines is 2. The van der Waals surface area contributed by atoms with Crippen LogP contribution in [-0.4, -0.2) is 15.9 Å². The van der Waals surface area contributed by atoms with Gasteiger partial charge in [-0.1, -0.05) is 69.3 Å². The van der Waals surface area contributed by atoms with Crippen LogP contribution in [0.15, 0.2) is 67.0 Å². The lowest BCUT2D eigenvalue weighted by molar-refractivity contribution is 0.0945. The van der Waals surface area contributed by atoms with Crippen LogP contribution < -0.4 is 10.6 Å². The van der Waals surface area contributed by atoms with E-state index < -0.39 is 0 Å². The zero-order valence-corrected chi connectivity index (χ0v) is 15.9. The molecule has 0 saturated heterocycles. The summed E-state index contributed by atoms with van der Waals surface area (Å²) in [4.78, 5) is 20.8. The number of carbonyl (C=O) groups is 1. The third-order valence-electron chi connectivity index (χ3n) is 4.18. The molecule has 2 aromatic carbocycles. The number of aromatic nitrogens is 2. The molecule has 1 heterocycles. The Hall–Kier alpha value is -3.21. The van der Waals surface area contributed by atoms with Crippen LogP contribution in [0.2, 0.25) is 0 Å². The van der Waals surface area contributed by atoms with Crippen molar-refractivity contribution in [2.24, 2.45) is 0 Å². The largest absolute Gasteiger partial charge is 0.347 e. The average molecular weight is 360 g/mol. The summed E-state index contributed by atoms with van der Waals surface area (Å²) in [5, 5.41) is 6.15. The van der Waals surface area contributed by atoms with Gasteiger partial charge in [0.25, 0.3) is 5.91 Å². The van der Waals surface area contributed by atoms with Gasteiger partial charge in [-0.3, -0.25) is 4.79 Å². The first-order chi connectivity index (χ1) is 12.9. The lowest BCUT2D eigenvalue weighted by Gasteiger charge is -2.23. The fourth-order valence-electron chi connectivity index (χ4n) is 2.76. The molecule has 5 nitrogen and oxygen atoms in total. The minimum Gasteiger partial charge on any atom is -0.347 e. The van der Waals surface area contributed by atoms with Gasteiger partial charge in [0.15, 0.2) is 0 Å². The van der Waals surface area contributed by atoms with Crippen molar-refractivity contribution in [3.05, 3.63) is 83.8 Å². The summed E-state index contributed by atoms with van der Waals surface area (Å²) in [5.41, 5.74) is 3.52. The third-order valence-corrected chi connectivity index (χ3v) is 4.18. The maximum absolute atomic E-state index is 12.2. The minimum atomic E-state index is -0.243. The highest BCUT2D eigenvalue weighted by atomic mass is 16.1. The van der Waals surface area contributed by atoms with Crippen LogP contribution in [0.5, 0.6) is 0 Å². The molecule has 0 aliphatic carbocycles. The van der Waals surface area contributed by atoms with E-state index in [1.54, 1.807) is 6.20 Å². The van der Waals surface area contributed by atoms with Gasteiger partial charge in [-0.05, 0) is 22.6 Å². The molecule has 138 valence electrons. The van der Waals surface area contributed by atoms with Crippen LogP contribution in [0.25, 0.3) is 0 Å². The summed E-state index contributed by atoms with van der Waals surface area (Å²) in [5.74, 6) is 0.360. The Labute approximate surface area is 159 Å². The Balaban J connectivity index is 1.66. The van der Waals surface area contributed by atoms with Gasteiger partial charge in [-0.2, -0.15) is 0 Å². The van der Waals surface area contributed by atoms with E-state index in [0.29, 0.717) is 18.1 Å². The first kappa shape index (κ1) is 18.6. The predicted molar refractivity (Wildman–Crippen MR) is 108 cm³/mol. The van der Waals surface area contributed by atoms with Gasteiger partial charge in [0, 0.05) is 12.2 Å². The monoisotopic (exact) mass is 360 g/mol. The molecule has 3 aromatic rings. The van der Waals surface area contributed by atoms with Gasteiger partial charge in [0.2, 0.25) is 0 Å². The second kappa shape index (κ2) is 7.99. The van der Waals surface area contributed by atoms with Crippen LogP contribution >= 0.6 is 0 Å². The molecule has 1 amide bonds. The van der Waals surface area contributed by atoms with Crippen LogP contribution in [0.3, 0.4) is 0 Å². The molecule has 0 fully saturated rings. The molecule has 0 unspecified atom stereocenters. The van der Waals surface area contributed by atoms with Gasteiger partial charge in [0.05, 0.1) is 12.4 Å². The number of rotatable bonds is 5. The molecule has 0 spiro atoms.